The highest BCUT2D eigenvalue weighted by molar-refractivity contribution is 6.34. The van der Waals surface area contributed by atoms with Crippen LogP contribution < -0.4 is 10.1 Å². The lowest BCUT2D eigenvalue weighted by molar-refractivity contribution is 0.0915. The Labute approximate surface area is 200 Å². The predicted molar refractivity (Wildman–Crippen MR) is 123 cm³/mol. The number of nitrogens with zero attached hydrogens (tertiary/aromatic N) is 2. The van der Waals surface area contributed by atoms with Gasteiger partial charge in [0, 0.05) is 29.9 Å². The monoisotopic (exact) mass is 491 g/mol. The van der Waals surface area contributed by atoms with Crippen LogP contribution in [0.4, 0.5) is 13.2 Å². The summed E-state index contributed by atoms with van der Waals surface area (Å²) in [6.45, 7) is 1.82. The fraction of sp³-hybridized carbons (Fsp3) is 0.360. The largest absolute Gasteiger partial charge is 0.497 e. The van der Waals surface area contributed by atoms with Crippen molar-refractivity contribution >= 4 is 17.5 Å². The van der Waals surface area contributed by atoms with Gasteiger partial charge in [-0.1, -0.05) is 11.6 Å². The van der Waals surface area contributed by atoms with E-state index < -0.39 is 39.5 Å². The molecule has 1 aliphatic carbocycles. The van der Waals surface area contributed by atoms with Gasteiger partial charge in [-0.3, -0.25) is 9.48 Å². The first-order valence-electron chi connectivity index (χ1n) is 11.1. The molecule has 0 spiro atoms. The van der Waals surface area contributed by atoms with E-state index in [0.29, 0.717) is 18.8 Å². The van der Waals surface area contributed by atoms with Gasteiger partial charge in [0.1, 0.15) is 11.6 Å². The first kappa shape index (κ1) is 24.1. The van der Waals surface area contributed by atoms with E-state index in [4.69, 9.17) is 16.3 Å². The van der Waals surface area contributed by atoms with Crippen LogP contribution in [0.2, 0.25) is 5.02 Å². The molecule has 180 valence electrons. The van der Waals surface area contributed by atoms with E-state index in [1.54, 1.807) is 7.11 Å². The number of halogens is 4. The zero-order valence-electron chi connectivity index (χ0n) is 18.9. The van der Waals surface area contributed by atoms with Crippen LogP contribution in [0.25, 0.3) is 11.3 Å². The summed E-state index contributed by atoms with van der Waals surface area (Å²) in [5.41, 5.74) is 0.667. The number of ether oxygens (including phenoxy) is 1. The number of rotatable bonds is 6. The molecule has 0 aliphatic heterocycles. The SMILES string of the molecule is COc1ccc(-c2ccn(CC3CCC(NC(=O)c4c(F)c(C)c(F)c(F)c4Cl)CC3)n2)cc1. The predicted octanol–water partition coefficient (Wildman–Crippen LogP) is 5.93. The van der Waals surface area contributed by atoms with Gasteiger partial charge >= 0.3 is 0 Å². The van der Waals surface area contributed by atoms with E-state index in [1.165, 1.54) is 0 Å². The second kappa shape index (κ2) is 10.1. The Hall–Kier alpha value is -3.00. The number of carbonyl (C=O) groups is 1. The van der Waals surface area contributed by atoms with Gasteiger partial charge in [-0.05, 0) is 68.9 Å². The zero-order chi connectivity index (χ0) is 24.4. The first-order valence-corrected chi connectivity index (χ1v) is 11.5. The summed E-state index contributed by atoms with van der Waals surface area (Å²) in [5.74, 6) is -3.60. The smallest absolute Gasteiger partial charge is 0.256 e. The molecule has 1 amide bonds. The fourth-order valence-corrected chi connectivity index (χ4v) is 4.59. The Bertz CT molecular complexity index is 1160. The normalized spacial score (nSPS) is 18.1. The van der Waals surface area contributed by atoms with Crippen molar-refractivity contribution < 1.29 is 22.7 Å². The van der Waals surface area contributed by atoms with Gasteiger partial charge in [0.15, 0.2) is 11.6 Å². The fourth-order valence-electron chi connectivity index (χ4n) is 4.34. The first-order chi connectivity index (χ1) is 16.3. The summed E-state index contributed by atoms with van der Waals surface area (Å²) in [7, 11) is 1.63. The molecule has 3 aromatic rings. The van der Waals surface area contributed by atoms with Crippen molar-refractivity contribution in [1.29, 1.82) is 0 Å². The highest BCUT2D eigenvalue weighted by atomic mass is 35.5. The quantitative estimate of drug-likeness (QED) is 0.343. The Kier molecular flexibility index (Phi) is 7.16. The van der Waals surface area contributed by atoms with E-state index >= 15 is 0 Å². The Balaban J connectivity index is 1.33. The molecular formula is C25H25ClF3N3O2. The van der Waals surface area contributed by atoms with E-state index in [2.05, 4.69) is 10.4 Å². The number of methoxy groups -OCH3 is 1. The number of hydrogen-bond acceptors (Lipinski definition) is 3. The standard InChI is InChI=1S/C25H25ClF3N3O2/c1-14-22(27)20(21(26)24(29)23(14)28)25(33)30-17-7-3-15(4-8-17)13-32-12-11-19(31-32)16-5-9-18(34-2)10-6-16/h5-6,9-12,15,17H,3-4,7-8,13H2,1-2H3,(H,30,33). The number of aromatic nitrogens is 2. The van der Waals surface area contributed by atoms with Crippen molar-refractivity contribution in [2.24, 2.45) is 5.92 Å². The van der Waals surface area contributed by atoms with Crippen LogP contribution >= 0.6 is 11.6 Å². The van der Waals surface area contributed by atoms with Crippen LogP contribution in [0, 0.1) is 30.3 Å². The molecule has 0 unspecified atom stereocenters. The van der Waals surface area contributed by atoms with Crippen molar-refractivity contribution in [3.8, 4) is 17.0 Å². The molecule has 1 aromatic heterocycles. The molecule has 5 nitrogen and oxygen atoms in total. The number of hydrogen-bond donors (Lipinski definition) is 1. The Morgan fingerprint density at radius 3 is 2.41 bits per heavy atom. The van der Waals surface area contributed by atoms with Crippen LogP contribution in [0.3, 0.4) is 0 Å². The zero-order valence-corrected chi connectivity index (χ0v) is 19.6. The average molecular weight is 492 g/mol. The Morgan fingerprint density at radius 1 is 1.09 bits per heavy atom. The van der Waals surface area contributed by atoms with Gasteiger partial charge in [0.25, 0.3) is 5.91 Å². The van der Waals surface area contributed by atoms with E-state index in [0.717, 1.165) is 43.3 Å². The topological polar surface area (TPSA) is 56.1 Å². The lowest BCUT2D eigenvalue weighted by Crippen LogP contribution is -2.39. The minimum Gasteiger partial charge on any atom is -0.497 e. The van der Waals surface area contributed by atoms with Gasteiger partial charge in [0.2, 0.25) is 0 Å². The minimum absolute atomic E-state index is 0.194. The average Bonchev–Trinajstić information content (AvgIpc) is 3.31. The third-order valence-corrected chi connectivity index (χ3v) is 6.72. The number of benzene rings is 2. The van der Waals surface area contributed by atoms with Crippen LogP contribution in [0.5, 0.6) is 5.75 Å². The van der Waals surface area contributed by atoms with Crippen molar-refractivity contribution in [3.05, 3.63) is 70.1 Å². The van der Waals surface area contributed by atoms with E-state index in [9.17, 15) is 18.0 Å². The summed E-state index contributed by atoms with van der Waals surface area (Å²) in [6, 6.07) is 9.48. The van der Waals surface area contributed by atoms with Crippen molar-refractivity contribution in [1.82, 2.24) is 15.1 Å². The van der Waals surface area contributed by atoms with Crippen molar-refractivity contribution in [2.45, 2.75) is 45.2 Å². The summed E-state index contributed by atoms with van der Waals surface area (Å²) in [4.78, 5) is 12.6. The number of nitrogens with one attached hydrogen (secondary N) is 1. The van der Waals surface area contributed by atoms with Crippen LogP contribution in [-0.2, 0) is 6.54 Å². The van der Waals surface area contributed by atoms with E-state index in [-0.39, 0.29) is 6.04 Å². The molecule has 1 saturated carbocycles. The van der Waals surface area contributed by atoms with Gasteiger partial charge in [-0.2, -0.15) is 5.10 Å². The molecule has 1 aliphatic rings. The van der Waals surface area contributed by atoms with Crippen LogP contribution in [-0.4, -0.2) is 28.8 Å². The second-order valence-corrected chi connectivity index (χ2v) is 8.98. The molecule has 1 fully saturated rings. The Morgan fingerprint density at radius 2 is 1.76 bits per heavy atom. The molecule has 0 radical (unpaired) electrons. The maximum atomic E-state index is 14.4. The van der Waals surface area contributed by atoms with Gasteiger partial charge in [0.05, 0.1) is 23.4 Å². The van der Waals surface area contributed by atoms with Crippen molar-refractivity contribution in [3.63, 3.8) is 0 Å². The second-order valence-electron chi connectivity index (χ2n) is 8.60. The van der Waals surface area contributed by atoms with E-state index in [1.807, 2.05) is 41.2 Å². The highest BCUT2D eigenvalue weighted by Crippen LogP contribution is 2.30. The molecule has 4 rings (SSSR count). The molecule has 34 heavy (non-hydrogen) atoms. The van der Waals surface area contributed by atoms with Crippen LogP contribution in [0.1, 0.15) is 41.6 Å². The van der Waals surface area contributed by atoms with Gasteiger partial charge < -0.3 is 10.1 Å². The van der Waals surface area contributed by atoms with Gasteiger partial charge in [-0.15, -0.1) is 0 Å². The summed E-state index contributed by atoms with van der Waals surface area (Å²) in [5, 5.41) is 6.55. The molecule has 1 N–H and O–H groups in total. The summed E-state index contributed by atoms with van der Waals surface area (Å²) < 4.78 is 49.1. The summed E-state index contributed by atoms with van der Waals surface area (Å²) in [6.07, 6.45) is 5.00. The molecule has 0 bridgehead atoms. The lowest BCUT2D eigenvalue weighted by Gasteiger charge is -2.29. The third-order valence-electron chi connectivity index (χ3n) is 6.36. The number of amides is 1. The third kappa shape index (κ3) is 4.92. The molecule has 0 atom stereocenters. The maximum Gasteiger partial charge on any atom is 0.256 e. The molecule has 2 aromatic carbocycles. The molecule has 9 heteroatoms. The highest BCUT2D eigenvalue weighted by Gasteiger charge is 2.29. The summed E-state index contributed by atoms with van der Waals surface area (Å²) >= 11 is 5.73. The molecule has 1 heterocycles. The lowest BCUT2D eigenvalue weighted by atomic mass is 9.86. The van der Waals surface area contributed by atoms with Crippen molar-refractivity contribution in [2.75, 3.05) is 7.11 Å². The van der Waals surface area contributed by atoms with Crippen LogP contribution in [0.15, 0.2) is 36.5 Å². The van der Waals surface area contributed by atoms with Gasteiger partial charge in [-0.25, -0.2) is 13.2 Å². The maximum absolute atomic E-state index is 14.4. The minimum atomic E-state index is -1.41. The number of carbonyl (C=O) groups excluding carboxylic acids is 1. The molecular weight excluding hydrogens is 467 g/mol. The molecule has 0 saturated heterocycles.